The molecule has 0 saturated carbocycles. The lowest BCUT2D eigenvalue weighted by Crippen LogP contribution is -2.36. The number of aliphatic imine (C=N–C) groups is 1. The van der Waals surface area contributed by atoms with Crippen LogP contribution in [0.1, 0.15) is 25.0 Å². The van der Waals surface area contributed by atoms with Crippen molar-refractivity contribution in [3.8, 4) is 5.75 Å². The van der Waals surface area contributed by atoms with Gasteiger partial charge in [0.2, 0.25) is 0 Å². The number of ether oxygens (including phenoxy) is 1. The number of para-hydroxylation sites is 1. The van der Waals surface area contributed by atoms with Crippen LogP contribution >= 0.6 is 24.0 Å². The summed E-state index contributed by atoms with van der Waals surface area (Å²) < 4.78 is 5.68. The smallest absolute Gasteiger partial charge is 0.191 e. The van der Waals surface area contributed by atoms with Gasteiger partial charge < -0.3 is 20.3 Å². The highest BCUT2D eigenvalue weighted by Gasteiger charge is 2.04. The molecule has 2 aromatic rings. The third-order valence-electron chi connectivity index (χ3n) is 3.94. The minimum absolute atomic E-state index is 0. The van der Waals surface area contributed by atoms with E-state index in [4.69, 9.17) is 4.74 Å². The van der Waals surface area contributed by atoms with Crippen molar-refractivity contribution in [2.45, 2.75) is 26.9 Å². The predicted molar refractivity (Wildman–Crippen MR) is 125 cm³/mol. The second-order valence-corrected chi connectivity index (χ2v) is 6.15. The van der Waals surface area contributed by atoms with Crippen LogP contribution in [0.2, 0.25) is 0 Å². The largest absolute Gasteiger partial charge is 0.494 e. The summed E-state index contributed by atoms with van der Waals surface area (Å²) in [7, 11) is 4.08. The van der Waals surface area contributed by atoms with E-state index in [1.54, 1.807) is 0 Å². The summed E-state index contributed by atoms with van der Waals surface area (Å²) in [6.45, 7) is 6.85. The zero-order valence-corrected chi connectivity index (χ0v) is 19.0. The van der Waals surface area contributed by atoms with Gasteiger partial charge in [0.05, 0.1) is 13.2 Å². The zero-order chi connectivity index (χ0) is 18.8. The fourth-order valence-corrected chi connectivity index (χ4v) is 2.54. The molecule has 0 heterocycles. The van der Waals surface area contributed by atoms with Crippen LogP contribution in [0.25, 0.3) is 0 Å². The maximum atomic E-state index is 5.68. The van der Waals surface area contributed by atoms with Crippen molar-refractivity contribution in [2.75, 3.05) is 32.1 Å². The number of anilines is 1. The SMILES string of the molecule is CCNC(=NCc1ccc(N(C)C)cc1)NCc1ccccc1OCC.I. The molecular formula is C21H31IN4O. The van der Waals surface area contributed by atoms with Crippen LogP contribution in [0.15, 0.2) is 53.5 Å². The summed E-state index contributed by atoms with van der Waals surface area (Å²) in [5.74, 6) is 1.72. The molecule has 5 nitrogen and oxygen atoms in total. The van der Waals surface area contributed by atoms with Crippen LogP contribution in [0.5, 0.6) is 5.75 Å². The molecule has 6 heteroatoms. The van der Waals surface area contributed by atoms with E-state index >= 15 is 0 Å². The Bertz CT molecular complexity index is 702. The number of nitrogens with one attached hydrogen (secondary N) is 2. The van der Waals surface area contributed by atoms with Crippen molar-refractivity contribution >= 4 is 35.6 Å². The highest BCUT2D eigenvalue weighted by atomic mass is 127. The number of hydrogen-bond donors (Lipinski definition) is 2. The number of halogens is 1. The monoisotopic (exact) mass is 482 g/mol. The van der Waals surface area contributed by atoms with Crippen LogP contribution in [0, 0.1) is 0 Å². The molecular weight excluding hydrogens is 451 g/mol. The van der Waals surface area contributed by atoms with E-state index in [-0.39, 0.29) is 24.0 Å². The van der Waals surface area contributed by atoms with Crippen LogP contribution < -0.4 is 20.3 Å². The van der Waals surface area contributed by atoms with Crippen molar-refractivity contribution < 1.29 is 4.74 Å². The van der Waals surface area contributed by atoms with Gasteiger partial charge in [-0.3, -0.25) is 0 Å². The quantitative estimate of drug-likeness (QED) is 0.339. The Balaban J connectivity index is 0.00000364. The number of hydrogen-bond acceptors (Lipinski definition) is 3. The first-order valence-corrected chi connectivity index (χ1v) is 9.13. The Hall–Kier alpha value is -1.96. The lowest BCUT2D eigenvalue weighted by Gasteiger charge is -2.14. The Morgan fingerprint density at radius 1 is 1.00 bits per heavy atom. The molecule has 2 N–H and O–H groups in total. The van der Waals surface area contributed by atoms with Gasteiger partial charge >= 0.3 is 0 Å². The van der Waals surface area contributed by atoms with E-state index in [0.29, 0.717) is 19.7 Å². The molecule has 0 aromatic heterocycles. The molecule has 0 radical (unpaired) electrons. The summed E-state index contributed by atoms with van der Waals surface area (Å²) in [5.41, 5.74) is 3.49. The fraction of sp³-hybridized carbons (Fsp3) is 0.381. The first-order valence-electron chi connectivity index (χ1n) is 9.13. The van der Waals surface area contributed by atoms with Crippen molar-refractivity contribution in [3.63, 3.8) is 0 Å². The first-order chi connectivity index (χ1) is 12.6. The standard InChI is InChI=1S/C21H30N4O.HI/c1-5-22-21(23-15-17-11-13-19(14-12-17)25(3)4)24-16-18-9-7-8-10-20(18)26-6-2;/h7-14H,5-6,15-16H2,1-4H3,(H2,22,23,24);1H. The van der Waals surface area contributed by atoms with Crippen molar-refractivity contribution in [1.29, 1.82) is 0 Å². The molecule has 0 aliphatic rings. The summed E-state index contributed by atoms with van der Waals surface area (Å²) in [6.07, 6.45) is 0. The Labute approximate surface area is 180 Å². The molecule has 27 heavy (non-hydrogen) atoms. The Morgan fingerprint density at radius 3 is 2.33 bits per heavy atom. The molecule has 0 atom stereocenters. The number of rotatable bonds is 8. The lowest BCUT2D eigenvalue weighted by atomic mass is 10.2. The number of nitrogens with zero attached hydrogens (tertiary/aromatic N) is 2. The van der Waals surface area contributed by atoms with Gasteiger partial charge in [0.1, 0.15) is 5.75 Å². The van der Waals surface area contributed by atoms with Crippen molar-refractivity contribution in [2.24, 2.45) is 4.99 Å². The van der Waals surface area contributed by atoms with Gasteiger partial charge in [-0.1, -0.05) is 30.3 Å². The highest BCUT2D eigenvalue weighted by Crippen LogP contribution is 2.17. The minimum atomic E-state index is 0. The number of guanidine groups is 1. The zero-order valence-electron chi connectivity index (χ0n) is 16.7. The molecule has 0 saturated heterocycles. The second kappa shape index (κ2) is 12.4. The molecule has 2 rings (SSSR count). The second-order valence-electron chi connectivity index (χ2n) is 6.15. The van der Waals surface area contributed by atoms with E-state index in [1.807, 2.05) is 39.2 Å². The summed E-state index contributed by atoms with van der Waals surface area (Å²) in [4.78, 5) is 6.78. The highest BCUT2D eigenvalue weighted by molar-refractivity contribution is 14.0. The van der Waals surface area contributed by atoms with Gasteiger partial charge in [-0.2, -0.15) is 0 Å². The topological polar surface area (TPSA) is 48.9 Å². The average molecular weight is 482 g/mol. The molecule has 0 unspecified atom stereocenters. The molecule has 0 spiro atoms. The summed E-state index contributed by atoms with van der Waals surface area (Å²) in [5, 5.41) is 6.68. The Morgan fingerprint density at radius 2 is 1.70 bits per heavy atom. The van der Waals surface area contributed by atoms with Gasteiger partial charge in [-0.05, 0) is 37.6 Å². The van der Waals surface area contributed by atoms with Gasteiger partial charge in [0.15, 0.2) is 5.96 Å². The third kappa shape index (κ3) is 7.66. The van der Waals surface area contributed by atoms with E-state index in [1.165, 1.54) is 11.3 Å². The van der Waals surface area contributed by atoms with Crippen LogP contribution in [0.4, 0.5) is 5.69 Å². The molecule has 0 bridgehead atoms. The van der Waals surface area contributed by atoms with Crippen molar-refractivity contribution in [3.05, 3.63) is 59.7 Å². The van der Waals surface area contributed by atoms with Crippen LogP contribution in [-0.2, 0) is 13.1 Å². The number of benzene rings is 2. The van der Waals surface area contributed by atoms with E-state index in [2.05, 4.69) is 57.8 Å². The molecule has 0 fully saturated rings. The van der Waals surface area contributed by atoms with Gasteiger partial charge in [0, 0.05) is 38.4 Å². The lowest BCUT2D eigenvalue weighted by molar-refractivity contribution is 0.336. The van der Waals surface area contributed by atoms with Crippen LogP contribution in [-0.4, -0.2) is 33.2 Å². The van der Waals surface area contributed by atoms with Gasteiger partial charge in [0.25, 0.3) is 0 Å². The normalized spacial score (nSPS) is 10.7. The van der Waals surface area contributed by atoms with Crippen LogP contribution in [0.3, 0.4) is 0 Å². The average Bonchev–Trinajstić information content (AvgIpc) is 2.65. The van der Waals surface area contributed by atoms with E-state index in [9.17, 15) is 0 Å². The maximum Gasteiger partial charge on any atom is 0.191 e. The molecule has 0 amide bonds. The first kappa shape index (κ1) is 23.1. The van der Waals surface area contributed by atoms with E-state index in [0.717, 1.165) is 23.8 Å². The molecule has 0 aliphatic heterocycles. The van der Waals surface area contributed by atoms with Crippen molar-refractivity contribution in [1.82, 2.24) is 10.6 Å². The summed E-state index contributed by atoms with van der Waals surface area (Å²) >= 11 is 0. The van der Waals surface area contributed by atoms with Gasteiger partial charge in [-0.15, -0.1) is 24.0 Å². The predicted octanol–water partition coefficient (Wildman–Crippen LogP) is 4.02. The molecule has 2 aromatic carbocycles. The Kier molecular flexibility index (Phi) is 10.6. The third-order valence-corrected chi connectivity index (χ3v) is 3.94. The minimum Gasteiger partial charge on any atom is -0.494 e. The fourth-order valence-electron chi connectivity index (χ4n) is 2.54. The van der Waals surface area contributed by atoms with Gasteiger partial charge in [-0.25, -0.2) is 4.99 Å². The molecule has 148 valence electrons. The summed E-state index contributed by atoms with van der Waals surface area (Å²) in [6, 6.07) is 16.5. The molecule has 0 aliphatic carbocycles. The van der Waals surface area contributed by atoms with E-state index < -0.39 is 0 Å². The maximum absolute atomic E-state index is 5.68.